The highest BCUT2D eigenvalue weighted by Gasteiger charge is 2.31. The molecule has 0 spiro atoms. The summed E-state index contributed by atoms with van der Waals surface area (Å²) in [5.74, 6) is 0. The third kappa shape index (κ3) is 3.75. The first-order chi connectivity index (χ1) is 11.3. The molecule has 0 atom stereocenters. The summed E-state index contributed by atoms with van der Waals surface area (Å²) in [5.41, 5.74) is 0. The van der Waals surface area contributed by atoms with Gasteiger partial charge < -0.3 is 0 Å². The quantitative estimate of drug-likeness (QED) is 0.761. The van der Waals surface area contributed by atoms with Gasteiger partial charge in [0.1, 0.15) is 0 Å². The van der Waals surface area contributed by atoms with E-state index in [0.29, 0.717) is 20.6 Å². The predicted molar refractivity (Wildman–Crippen MR) is 100 cm³/mol. The van der Waals surface area contributed by atoms with E-state index in [1.807, 2.05) is 0 Å². The molecule has 4 nitrogen and oxygen atoms in total. The largest absolute Gasteiger partial charge is 0.218 e. The lowest BCUT2D eigenvalue weighted by Gasteiger charge is -2.15. The molecule has 2 aromatic carbocycles. The monoisotopic (exact) mass is 380 g/mol. The number of sulfone groups is 2. The Morgan fingerprint density at radius 2 is 1.04 bits per heavy atom. The number of rotatable bonds is 4. The van der Waals surface area contributed by atoms with Gasteiger partial charge in [0, 0.05) is 20.6 Å². The summed E-state index contributed by atoms with van der Waals surface area (Å²) in [7, 11) is -9.71. The van der Waals surface area contributed by atoms with Gasteiger partial charge in [-0.15, -0.1) is 0 Å². The highest BCUT2D eigenvalue weighted by molar-refractivity contribution is 8.49. The zero-order valence-electron chi connectivity index (χ0n) is 12.7. The Kier molecular flexibility index (Phi) is 5.58. The number of benzene rings is 2. The Labute approximate surface area is 144 Å². The third-order valence-electron chi connectivity index (χ3n) is 3.03. The molecule has 0 aliphatic rings. The molecular formula is C17H16O4S3. The Bertz CT molecular complexity index is 907. The molecule has 2 rings (SSSR count). The van der Waals surface area contributed by atoms with Crippen molar-refractivity contribution in [3.63, 3.8) is 0 Å². The van der Waals surface area contributed by atoms with Crippen LogP contribution in [0.25, 0.3) is 0 Å². The van der Waals surface area contributed by atoms with E-state index >= 15 is 0 Å². The van der Waals surface area contributed by atoms with E-state index in [-0.39, 0.29) is 0 Å². The van der Waals surface area contributed by atoms with Crippen molar-refractivity contribution in [1.29, 1.82) is 0 Å². The van der Waals surface area contributed by atoms with E-state index in [9.17, 15) is 16.8 Å². The molecule has 0 saturated heterocycles. The van der Waals surface area contributed by atoms with Crippen molar-refractivity contribution in [1.82, 2.24) is 0 Å². The minimum atomic E-state index is -4.19. The molecule has 24 heavy (non-hydrogen) atoms. The lowest BCUT2D eigenvalue weighted by Crippen LogP contribution is -2.21. The number of hydrogen-bond acceptors (Lipinski definition) is 4. The molecule has 7 heteroatoms. The molecule has 0 radical (unpaired) electrons. The van der Waals surface area contributed by atoms with Gasteiger partial charge in [-0.1, -0.05) is 60.0 Å². The summed E-state index contributed by atoms with van der Waals surface area (Å²) >= 11 is 0. The zero-order chi connectivity index (χ0) is 17.8. The van der Waals surface area contributed by atoms with E-state index < -0.39 is 33.7 Å². The lowest BCUT2D eigenvalue weighted by molar-refractivity contribution is 0.612. The Morgan fingerprint density at radius 3 is 1.33 bits per heavy atom. The van der Waals surface area contributed by atoms with Crippen molar-refractivity contribution in [2.45, 2.75) is 9.79 Å². The molecule has 0 heterocycles. The lowest BCUT2D eigenvalue weighted by atomic mass is 10.4. The average molecular weight is 381 g/mol. The van der Waals surface area contributed by atoms with Crippen LogP contribution >= 0.6 is 10.5 Å². The maximum absolute atomic E-state index is 12.5. The first-order valence-corrected chi connectivity index (χ1v) is 11.1. The second-order valence-electron chi connectivity index (χ2n) is 4.61. The molecular weight excluding hydrogens is 364 g/mol. The van der Waals surface area contributed by atoms with Crippen LogP contribution < -0.4 is 0 Å². The Morgan fingerprint density at radius 1 is 0.708 bits per heavy atom. The minimum absolute atomic E-state index is 0.578. The van der Waals surface area contributed by atoms with Gasteiger partial charge in [0.25, 0.3) is 0 Å². The summed E-state index contributed by atoms with van der Waals surface area (Å²) in [6, 6.07) is 17.3. The fraction of sp³-hybridized carbons (Fsp3) is 0. The molecule has 0 aliphatic carbocycles. The summed E-state index contributed by atoms with van der Waals surface area (Å²) in [4.78, 5) is 1.16. The van der Waals surface area contributed by atoms with Gasteiger partial charge in [-0.05, 0) is 24.3 Å². The van der Waals surface area contributed by atoms with Crippen LogP contribution in [0, 0.1) is 0 Å². The Hall–Kier alpha value is -1.96. The highest BCUT2D eigenvalue weighted by atomic mass is 32.3. The molecule has 0 amide bonds. The first-order valence-electron chi connectivity index (χ1n) is 6.80. The Balaban J connectivity index is 3.07. The van der Waals surface area contributed by atoms with E-state index in [2.05, 4.69) is 13.2 Å². The van der Waals surface area contributed by atoms with Crippen molar-refractivity contribution in [2.24, 2.45) is 0 Å². The second-order valence-corrected chi connectivity index (χ2v) is 11.0. The van der Waals surface area contributed by atoms with Gasteiger partial charge >= 0.3 is 0 Å². The van der Waals surface area contributed by atoms with E-state index in [4.69, 9.17) is 0 Å². The van der Waals surface area contributed by atoms with Gasteiger partial charge in [0.15, 0.2) is 3.53 Å². The van der Waals surface area contributed by atoms with Gasteiger partial charge in [0.2, 0.25) is 19.7 Å². The standard InChI is InChI=1S/C17H16O4S3/c1-3-23(18,19)17(24(20,21)4-2)22(15-11-7-5-8-12-15)16-13-9-6-10-14-16/h3-14H,1-2H2. The van der Waals surface area contributed by atoms with Gasteiger partial charge in [-0.3, -0.25) is 0 Å². The van der Waals surface area contributed by atoms with Crippen LogP contribution in [0.2, 0.25) is 0 Å². The molecule has 126 valence electrons. The van der Waals surface area contributed by atoms with Crippen molar-refractivity contribution >= 4 is 33.7 Å². The summed E-state index contributed by atoms with van der Waals surface area (Å²) in [6.45, 7) is 6.54. The zero-order valence-corrected chi connectivity index (χ0v) is 15.1. The normalized spacial score (nSPS) is 11.9. The number of hydrogen-bond donors (Lipinski definition) is 0. The van der Waals surface area contributed by atoms with Gasteiger partial charge in [-0.25, -0.2) is 16.8 Å². The van der Waals surface area contributed by atoms with Crippen LogP contribution in [0.4, 0.5) is 0 Å². The molecule has 0 fully saturated rings. The van der Waals surface area contributed by atoms with Gasteiger partial charge in [-0.2, -0.15) is 0 Å². The van der Waals surface area contributed by atoms with Crippen molar-refractivity contribution in [2.75, 3.05) is 0 Å². The van der Waals surface area contributed by atoms with Crippen LogP contribution in [0.3, 0.4) is 0 Å². The van der Waals surface area contributed by atoms with Gasteiger partial charge in [0.05, 0.1) is 0 Å². The molecule has 0 aromatic heterocycles. The maximum atomic E-state index is 12.5. The van der Waals surface area contributed by atoms with E-state index in [1.54, 1.807) is 60.7 Å². The SMILES string of the molecule is C=CS(=O)(=O)C(=S(c1ccccc1)c1ccccc1)S(=O)(=O)C=C. The summed E-state index contributed by atoms with van der Waals surface area (Å²) in [6.07, 6.45) is 0. The fourth-order valence-corrected chi connectivity index (χ4v) is 8.88. The molecule has 0 saturated carbocycles. The second kappa shape index (κ2) is 7.29. The maximum Gasteiger partial charge on any atom is 0.216 e. The van der Waals surface area contributed by atoms with Crippen LogP contribution in [0.5, 0.6) is 0 Å². The molecule has 0 N–H and O–H groups in total. The molecule has 0 unspecified atom stereocenters. The predicted octanol–water partition coefficient (Wildman–Crippen LogP) is 3.58. The summed E-state index contributed by atoms with van der Waals surface area (Å²) in [5, 5.41) is 1.32. The highest BCUT2D eigenvalue weighted by Crippen LogP contribution is 2.40. The summed E-state index contributed by atoms with van der Waals surface area (Å²) < 4.78 is 49.5. The minimum Gasteiger partial charge on any atom is -0.218 e. The first kappa shape index (κ1) is 18.4. The van der Waals surface area contributed by atoms with E-state index in [0.717, 1.165) is 0 Å². The van der Waals surface area contributed by atoms with Crippen molar-refractivity contribution < 1.29 is 16.8 Å². The van der Waals surface area contributed by atoms with E-state index in [1.165, 1.54) is 0 Å². The van der Waals surface area contributed by atoms with Crippen LogP contribution in [-0.2, 0) is 19.7 Å². The third-order valence-corrected chi connectivity index (χ3v) is 10.4. The molecule has 0 bridgehead atoms. The smallest absolute Gasteiger partial charge is 0.216 e. The topological polar surface area (TPSA) is 68.3 Å². The molecule has 2 aromatic rings. The average Bonchev–Trinajstić information content (AvgIpc) is 2.60. The van der Waals surface area contributed by atoms with Crippen LogP contribution in [-0.4, -0.2) is 20.4 Å². The van der Waals surface area contributed by atoms with Crippen molar-refractivity contribution in [3.05, 3.63) is 84.6 Å². The van der Waals surface area contributed by atoms with Crippen LogP contribution in [0.15, 0.2) is 94.4 Å². The molecule has 0 aliphatic heterocycles. The van der Waals surface area contributed by atoms with Crippen molar-refractivity contribution in [3.8, 4) is 0 Å². The van der Waals surface area contributed by atoms with Crippen LogP contribution in [0.1, 0.15) is 0 Å². The fourth-order valence-electron chi connectivity index (χ4n) is 1.97.